The lowest BCUT2D eigenvalue weighted by molar-refractivity contribution is -0.126. The molecule has 29 heavy (non-hydrogen) atoms. The van der Waals surface area contributed by atoms with Crippen LogP contribution in [0.5, 0.6) is 0 Å². The standard InChI is InChI=1S/C19H25N5O3S2/c1-13-2-6-16(7-3-13)29(26,27)23-10-8-14(9-11-23)18(25)20-12-17-21-22-19(28)24(17)15-4-5-15/h2-3,6-7,14-15H,4-5,8-12H2,1H3,(H,20,25)(H,22,28). The van der Waals surface area contributed by atoms with Crippen LogP contribution in [0, 0.1) is 17.6 Å². The second-order valence-corrected chi connectivity index (χ2v) is 10.1. The van der Waals surface area contributed by atoms with Gasteiger partial charge in [0.25, 0.3) is 0 Å². The van der Waals surface area contributed by atoms with Crippen LogP contribution in [0.4, 0.5) is 0 Å². The molecule has 0 radical (unpaired) electrons. The van der Waals surface area contributed by atoms with E-state index >= 15 is 0 Å². The first-order chi connectivity index (χ1) is 13.9. The van der Waals surface area contributed by atoms with E-state index in [2.05, 4.69) is 15.5 Å². The molecule has 2 N–H and O–H groups in total. The van der Waals surface area contributed by atoms with E-state index < -0.39 is 10.0 Å². The Bertz CT molecular complexity index is 1050. The summed E-state index contributed by atoms with van der Waals surface area (Å²) in [6.07, 6.45) is 3.18. The fourth-order valence-corrected chi connectivity index (χ4v) is 5.47. The number of nitrogens with zero attached hydrogens (tertiary/aromatic N) is 3. The lowest BCUT2D eigenvalue weighted by Gasteiger charge is -2.30. The number of carbonyl (C=O) groups is 1. The molecule has 8 nitrogen and oxygen atoms in total. The number of nitrogens with one attached hydrogen (secondary N) is 2. The summed E-state index contributed by atoms with van der Waals surface area (Å²) in [6.45, 7) is 2.93. The number of piperidine rings is 1. The average Bonchev–Trinajstić information content (AvgIpc) is 3.48. The van der Waals surface area contributed by atoms with Crippen LogP contribution in [0.15, 0.2) is 29.2 Å². The summed E-state index contributed by atoms with van der Waals surface area (Å²) in [5.41, 5.74) is 1.02. The zero-order chi connectivity index (χ0) is 20.6. The first kappa shape index (κ1) is 20.2. The highest BCUT2D eigenvalue weighted by molar-refractivity contribution is 7.89. The van der Waals surface area contributed by atoms with Crippen LogP contribution in [0.2, 0.25) is 0 Å². The predicted octanol–water partition coefficient (Wildman–Crippen LogP) is 2.30. The number of hydrogen-bond donors (Lipinski definition) is 2. The first-order valence-corrected chi connectivity index (χ1v) is 11.7. The Morgan fingerprint density at radius 1 is 1.21 bits per heavy atom. The topological polar surface area (TPSA) is 100 Å². The smallest absolute Gasteiger partial charge is 0.243 e. The summed E-state index contributed by atoms with van der Waals surface area (Å²) in [6, 6.07) is 7.25. The zero-order valence-corrected chi connectivity index (χ0v) is 17.9. The van der Waals surface area contributed by atoms with Crippen molar-refractivity contribution in [3.63, 3.8) is 0 Å². The van der Waals surface area contributed by atoms with Gasteiger partial charge in [0.1, 0.15) is 0 Å². The number of aryl methyl sites for hydroxylation is 1. The molecule has 0 atom stereocenters. The molecule has 2 aromatic rings. The van der Waals surface area contributed by atoms with Crippen molar-refractivity contribution in [3.8, 4) is 0 Å². The Labute approximate surface area is 175 Å². The number of hydrogen-bond acceptors (Lipinski definition) is 5. The number of carbonyl (C=O) groups excluding carboxylic acids is 1. The predicted molar refractivity (Wildman–Crippen MR) is 110 cm³/mol. The second-order valence-electron chi connectivity index (χ2n) is 7.76. The van der Waals surface area contributed by atoms with Crippen LogP contribution >= 0.6 is 12.2 Å². The van der Waals surface area contributed by atoms with Gasteiger partial charge in [-0.15, -0.1) is 0 Å². The molecule has 0 spiro atoms. The van der Waals surface area contributed by atoms with Gasteiger partial charge in [0.15, 0.2) is 10.6 Å². The Morgan fingerprint density at radius 3 is 2.48 bits per heavy atom. The third kappa shape index (κ3) is 4.29. The van der Waals surface area contributed by atoms with Crippen LogP contribution in [0.25, 0.3) is 0 Å². The van der Waals surface area contributed by atoms with Crippen molar-refractivity contribution in [1.82, 2.24) is 24.4 Å². The molecule has 1 amide bonds. The van der Waals surface area contributed by atoms with Gasteiger partial charge in [-0.2, -0.15) is 9.40 Å². The van der Waals surface area contributed by atoms with E-state index in [1.165, 1.54) is 4.31 Å². The average molecular weight is 436 g/mol. The molecule has 1 aromatic carbocycles. The Morgan fingerprint density at radius 2 is 1.86 bits per heavy atom. The van der Waals surface area contributed by atoms with Gasteiger partial charge in [-0.25, -0.2) is 8.42 Å². The highest BCUT2D eigenvalue weighted by atomic mass is 32.2. The molecule has 2 aliphatic rings. The fourth-order valence-electron chi connectivity index (χ4n) is 3.70. The van der Waals surface area contributed by atoms with Gasteiger partial charge < -0.3 is 5.32 Å². The lowest BCUT2D eigenvalue weighted by atomic mass is 9.97. The van der Waals surface area contributed by atoms with E-state index in [0.717, 1.165) is 24.2 Å². The quantitative estimate of drug-likeness (QED) is 0.678. The monoisotopic (exact) mass is 435 g/mol. The number of H-pyrrole nitrogens is 1. The van der Waals surface area contributed by atoms with Crippen LogP contribution in [0.3, 0.4) is 0 Å². The fraction of sp³-hybridized carbons (Fsp3) is 0.526. The molecule has 4 rings (SSSR count). The van der Waals surface area contributed by atoms with E-state index in [1.54, 1.807) is 24.3 Å². The molecule has 1 saturated carbocycles. The van der Waals surface area contributed by atoms with Gasteiger partial charge in [-0.3, -0.25) is 14.5 Å². The van der Waals surface area contributed by atoms with Gasteiger partial charge in [0, 0.05) is 25.0 Å². The van der Waals surface area contributed by atoms with Crippen molar-refractivity contribution in [1.29, 1.82) is 0 Å². The van der Waals surface area contributed by atoms with E-state index in [1.807, 2.05) is 11.5 Å². The first-order valence-electron chi connectivity index (χ1n) is 9.86. The van der Waals surface area contributed by atoms with Crippen molar-refractivity contribution in [3.05, 3.63) is 40.4 Å². The maximum Gasteiger partial charge on any atom is 0.243 e. The summed E-state index contributed by atoms with van der Waals surface area (Å²) in [5.74, 6) is 0.481. The molecule has 156 valence electrons. The van der Waals surface area contributed by atoms with Crippen molar-refractivity contribution < 1.29 is 13.2 Å². The zero-order valence-electron chi connectivity index (χ0n) is 16.3. The molecular formula is C19H25N5O3S2. The molecule has 2 fully saturated rings. The van der Waals surface area contributed by atoms with Crippen molar-refractivity contribution in [2.75, 3.05) is 13.1 Å². The molecular weight excluding hydrogens is 410 g/mol. The largest absolute Gasteiger partial charge is 0.349 e. The Balaban J connectivity index is 1.33. The number of sulfonamides is 1. The SMILES string of the molecule is Cc1ccc(S(=O)(=O)N2CCC(C(=O)NCc3n[nH]c(=S)n3C3CC3)CC2)cc1. The third-order valence-electron chi connectivity index (χ3n) is 5.59. The number of benzene rings is 1. The number of aromatic nitrogens is 3. The van der Waals surface area contributed by atoms with Gasteiger partial charge in [-0.1, -0.05) is 17.7 Å². The van der Waals surface area contributed by atoms with Crippen molar-refractivity contribution >= 4 is 28.1 Å². The number of rotatable bonds is 6. The van der Waals surface area contributed by atoms with Crippen LogP contribution < -0.4 is 5.32 Å². The minimum Gasteiger partial charge on any atom is -0.349 e. The van der Waals surface area contributed by atoms with Gasteiger partial charge in [-0.05, 0) is 57.0 Å². The van der Waals surface area contributed by atoms with E-state index in [-0.39, 0.29) is 11.8 Å². The van der Waals surface area contributed by atoms with Gasteiger partial charge >= 0.3 is 0 Å². The molecule has 1 saturated heterocycles. The van der Waals surface area contributed by atoms with Crippen molar-refractivity contribution in [2.45, 2.75) is 50.1 Å². The number of amides is 1. The van der Waals surface area contributed by atoms with Crippen LogP contribution in [-0.4, -0.2) is 46.5 Å². The van der Waals surface area contributed by atoms with Crippen LogP contribution in [0.1, 0.15) is 43.1 Å². The molecule has 10 heteroatoms. The van der Waals surface area contributed by atoms with Crippen molar-refractivity contribution in [2.24, 2.45) is 5.92 Å². The molecule has 0 unspecified atom stereocenters. The maximum absolute atomic E-state index is 12.8. The second kappa shape index (κ2) is 8.00. The summed E-state index contributed by atoms with van der Waals surface area (Å²) >= 11 is 5.26. The molecule has 1 aromatic heterocycles. The van der Waals surface area contributed by atoms with E-state index in [9.17, 15) is 13.2 Å². The van der Waals surface area contributed by atoms with E-state index in [4.69, 9.17) is 12.2 Å². The van der Waals surface area contributed by atoms with E-state index in [0.29, 0.717) is 48.2 Å². The maximum atomic E-state index is 12.8. The van der Waals surface area contributed by atoms with Gasteiger partial charge in [0.2, 0.25) is 15.9 Å². The Kier molecular flexibility index (Phi) is 5.58. The summed E-state index contributed by atoms with van der Waals surface area (Å²) in [4.78, 5) is 12.9. The van der Waals surface area contributed by atoms with Crippen LogP contribution in [-0.2, 0) is 21.4 Å². The minimum atomic E-state index is -3.52. The number of aromatic amines is 1. The minimum absolute atomic E-state index is 0.0614. The third-order valence-corrected chi connectivity index (χ3v) is 7.79. The summed E-state index contributed by atoms with van der Waals surface area (Å²) < 4.78 is 29.6. The molecule has 1 aliphatic carbocycles. The highest BCUT2D eigenvalue weighted by Crippen LogP contribution is 2.35. The molecule has 0 bridgehead atoms. The lowest BCUT2D eigenvalue weighted by Crippen LogP contribution is -2.43. The summed E-state index contributed by atoms with van der Waals surface area (Å²) in [5, 5.41) is 9.96. The van der Waals surface area contributed by atoms with Gasteiger partial charge in [0.05, 0.1) is 11.4 Å². The highest BCUT2D eigenvalue weighted by Gasteiger charge is 2.32. The Hall–Kier alpha value is -2.04. The normalized spacial score (nSPS) is 18.7. The molecule has 2 heterocycles. The summed E-state index contributed by atoms with van der Waals surface area (Å²) in [7, 11) is -3.52. The molecule has 1 aliphatic heterocycles.